The Morgan fingerprint density at radius 2 is 1.80 bits per heavy atom. The average molecular weight is 503 g/mol. The van der Waals surface area contributed by atoms with Gasteiger partial charge in [-0.15, -0.1) is 23.1 Å². The molecule has 0 radical (unpaired) electrons. The molecule has 0 spiro atoms. The molecule has 176 valence electrons. The molecule has 4 aromatic rings. The number of nitriles is 1. The topological polar surface area (TPSA) is 97.1 Å². The van der Waals surface area contributed by atoms with Crippen molar-refractivity contribution in [1.82, 2.24) is 9.97 Å². The monoisotopic (exact) mass is 502 g/mol. The molecule has 0 aliphatic carbocycles. The predicted octanol–water partition coefficient (Wildman–Crippen LogP) is 5.88. The van der Waals surface area contributed by atoms with E-state index in [2.05, 4.69) is 21.4 Å². The van der Waals surface area contributed by atoms with E-state index in [0.717, 1.165) is 22.5 Å². The highest BCUT2D eigenvalue weighted by Gasteiger charge is 2.13. The van der Waals surface area contributed by atoms with Gasteiger partial charge in [0.2, 0.25) is 5.91 Å². The van der Waals surface area contributed by atoms with E-state index < -0.39 is 0 Å². The van der Waals surface area contributed by atoms with E-state index >= 15 is 0 Å². The Morgan fingerprint density at radius 1 is 1.00 bits per heavy atom. The molecule has 9 heteroatoms. The first-order chi connectivity index (χ1) is 17.1. The molecule has 0 aliphatic rings. The smallest absolute Gasteiger partial charge is 0.226 e. The number of benzene rings is 2. The van der Waals surface area contributed by atoms with Crippen molar-refractivity contribution in [3.8, 4) is 40.1 Å². The first kappa shape index (κ1) is 24.3. The molecule has 7 nitrogen and oxygen atoms in total. The normalized spacial score (nSPS) is 10.4. The third kappa shape index (κ3) is 5.98. The van der Waals surface area contributed by atoms with Crippen LogP contribution in [0.25, 0.3) is 22.5 Å². The molecular formula is C26H22N4O3S2. The standard InChI is InChI=1S/C26H22N4O3S2/c1-32-22-11-9-18(14-23(22)33-2)21-16-35-26(29-21)30-24(31)12-13-34-25-19(15-27)8-10-20(28-25)17-6-4-3-5-7-17/h3-11,14,16H,12-13H2,1-2H3,(H,29,30,31). The number of rotatable bonds is 9. The quantitative estimate of drug-likeness (QED) is 0.285. The number of methoxy groups -OCH3 is 2. The van der Waals surface area contributed by atoms with Crippen molar-refractivity contribution in [2.24, 2.45) is 0 Å². The molecule has 0 unspecified atom stereocenters. The number of ether oxygens (including phenoxy) is 2. The largest absolute Gasteiger partial charge is 0.493 e. The molecule has 0 fully saturated rings. The van der Waals surface area contributed by atoms with Gasteiger partial charge in [0.15, 0.2) is 16.6 Å². The van der Waals surface area contributed by atoms with Crippen LogP contribution in [0.1, 0.15) is 12.0 Å². The Kier molecular flexibility index (Phi) is 7.98. The van der Waals surface area contributed by atoms with Gasteiger partial charge in [0.05, 0.1) is 31.2 Å². The number of carbonyl (C=O) groups excluding carboxylic acids is 1. The lowest BCUT2D eigenvalue weighted by Gasteiger charge is -2.08. The van der Waals surface area contributed by atoms with Crippen molar-refractivity contribution in [1.29, 1.82) is 5.26 Å². The van der Waals surface area contributed by atoms with Crippen LogP contribution in [0.5, 0.6) is 11.5 Å². The molecule has 0 bridgehead atoms. The van der Waals surface area contributed by atoms with Crippen LogP contribution in [0.4, 0.5) is 5.13 Å². The van der Waals surface area contributed by atoms with Gasteiger partial charge in [-0.3, -0.25) is 4.79 Å². The Balaban J connectivity index is 1.36. The van der Waals surface area contributed by atoms with Gasteiger partial charge in [0, 0.05) is 28.7 Å². The van der Waals surface area contributed by atoms with Crippen molar-refractivity contribution in [3.63, 3.8) is 0 Å². The minimum Gasteiger partial charge on any atom is -0.493 e. The zero-order valence-electron chi connectivity index (χ0n) is 19.1. The van der Waals surface area contributed by atoms with E-state index in [0.29, 0.717) is 33.0 Å². The van der Waals surface area contributed by atoms with Gasteiger partial charge >= 0.3 is 0 Å². The van der Waals surface area contributed by atoms with Gasteiger partial charge in [-0.1, -0.05) is 30.3 Å². The fourth-order valence-electron chi connectivity index (χ4n) is 3.29. The number of amides is 1. The van der Waals surface area contributed by atoms with Gasteiger partial charge in [-0.05, 0) is 30.3 Å². The van der Waals surface area contributed by atoms with Crippen LogP contribution in [-0.2, 0) is 4.79 Å². The Hall–Kier alpha value is -3.87. The minimum atomic E-state index is -0.150. The molecule has 2 aromatic heterocycles. The zero-order chi connectivity index (χ0) is 24.6. The molecular weight excluding hydrogens is 480 g/mol. The summed E-state index contributed by atoms with van der Waals surface area (Å²) in [5.74, 6) is 1.59. The summed E-state index contributed by atoms with van der Waals surface area (Å²) in [6, 6.07) is 21.1. The predicted molar refractivity (Wildman–Crippen MR) is 139 cm³/mol. The Labute approximate surface area is 211 Å². The van der Waals surface area contributed by atoms with E-state index in [1.165, 1.54) is 23.1 Å². The van der Waals surface area contributed by atoms with Gasteiger partial charge < -0.3 is 14.8 Å². The van der Waals surface area contributed by atoms with E-state index in [1.807, 2.05) is 60.0 Å². The van der Waals surface area contributed by atoms with Crippen molar-refractivity contribution in [3.05, 3.63) is 71.6 Å². The summed E-state index contributed by atoms with van der Waals surface area (Å²) in [5, 5.41) is 15.3. The number of pyridine rings is 1. The van der Waals surface area contributed by atoms with Crippen LogP contribution >= 0.6 is 23.1 Å². The second-order valence-corrected chi connectivity index (χ2v) is 9.22. The summed E-state index contributed by atoms with van der Waals surface area (Å²) in [4.78, 5) is 21.7. The fourth-order valence-corrected chi connectivity index (χ4v) is 4.94. The number of nitrogens with zero attached hydrogens (tertiary/aromatic N) is 3. The minimum absolute atomic E-state index is 0.150. The van der Waals surface area contributed by atoms with Crippen molar-refractivity contribution in [2.75, 3.05) is 25.3 Å². The lowest BCUT2D eigenvalue weighted by Crippen LogP contribution is -2.12. The summed E-state index contributed by atoms with van der Waals surface area (Å²) in [5.41, 5.74) is 3.87. The second-order valence-electron chi connectivity index (χ2n) is 7.28. The number of carbonyl (C=O) groups is 1. The zero-order valence-corrected chi connectivity index (χ0v) is 20.8. The SMILES string of the molecule is COc1ccc(-c2csc(NC(=O)CCSc3nc(-c4ccccc4)ccc3C#N)n2)cc1OC. The molecule has 0 saturated heterocycles. The summed E-state index contributed by atoms with van der Waals surface area (Å²) >= 11 is 2.75. The molecule has 4 rings (SSSR count). The van der Waals surface area contributed by atoms with Crippen molar-refractivity contribution < 1.29 is 14.3 Å². The summed E-state index contributed by atoms with van der Waals surface area (Å²) < 4.78 is 10.6. The lowest BCUT2D eigenvalue weighted by atomic mass is 10.1. The number of hydrogen-bond acceptors (Lipinski definition) is 8. The molecule has 0 atom stereocenters. The van der Waals surface area contributed by atoms with Crippen molar-refractivity contribution >= 4 is 34.1 Å². The second kappa shape index (κ2) is 11.5. The summed E-state index contributed by atoms with van der Waals surface area (Å²) in [6.07, 6.45) is 0.262. The van der Waals surface area contributed by atoms with E-state index in [4.69, 9.17) is 9.47 Å². The molecule has 1 amide bonds. The van der Waals surface area contributed by atoms with E-state index in [-0.39, 0.29) is 12.3 Å². The van der Waals surface area contributed by atoms with Crippen LogP contribution in [0.3, 0.4) is 0 Å². The fraction of sp³-hybridized carbons (Fsp3) is 0.154. The van der Waals surface area contributed by atoms with Crippen LogP contribution in [0.15, 0.2) is 71.1 Å². The number of hydrogen-bond donors (Lipinski definition) is 1. The van der Waals surface area contributed by atoms with Crippen LogP contribution in [-0.4, -0.2) is 35.8 Å². The molecule has 35 heavy (non-hydrogen) atoms. The van der Waals surface area contributed by atoms with Gasteiger partial charge in [-0.2, -0.15) is 5.26 Å². The van der Waals surface area contributed by atoms with Gasteiger partial charge in [0.25, 0.3) is 0 Å². The number of thiazole rings is 1. The number of thioether (sulfide) groups is 1. The van der Waals surface area contributed by atoms with E-state index in [9.17, 15) is 10.1 Å². The summed E-state index contributed by atoms with van der Waals surface area (Å²) in [7, 11) is 3.17. The Bertz CT molecular complexity index is 1370. The maximum absolute atomic E-state index is 12.5. The van der Waals surface area contributed by atoms with E-state index in [1.54, 1.807) is 20.3 Å². The maximum Gasteiger partial charge on any atom is 0.226 e. The highest BCUT2D eigenvalue weighted by atomic mass is 32.2. The molecule has 2 heterocycles. The molecule has 0 saturated carbocycles. The van der Waals surface area contributed by atoms with Crippen LogP contribution in [0.2, 0.25) is 0 Å². The molecule has 0 aliphatic heterocycles. The van der Waals surface area contributed by atoms with Crippen LogP contribution in [0, 0.1) is 11.3 Å². The summed E-state index contributed by atoms with van der Waals surface area (Å²) in [6.45, 7) is 0. The highest BCUT2D eigenvalue weighted by molar-refractivity contribution is 7.99. The maximum atomic E-state index is 12.5. The lowest BCUT2D eigenvalue weighted by molar-refractivity contribution is -0.115. The highest BCUT2D eigenvalue weighted by Crippen LogP contribution is 2.33. The van der Waals surface area contributed by atoms with Gasteiger partial charge in [-0.25, -0.2) is 9.97 Å². The van der Waals surface area contributed by atoms with Crippen molar-refractivity contribution in [2.45, 2.75) is 11.4 Å². The number of aromatic nitrogens is 2. The molecule has 1 N–H and O–H groups in total. The third-order valence-electron chi connectivity index (χ3n) is 5.05. The first-order valence-electron chi connectivity index (χ1n) is 10.7. The third-order valence-corrected chi connectivity index (χ3v) is 6.80. The molecule has 2 aromatic carbocycles. The van der Waals surface area contributed by atoms with Crippen LogP contribution < -0.4 is 14.8 Å². The Morgan fingerprint density at radius 3 is 2.54 bits per heavy atom. The number of anilines is 1. The first-order valence-corrected chi connectivity index (χ1v) is 12.5. The average Bonchev–Trinajstić information content (AvgIpc) is 3.37. The number of nitrogens with one attached hydrogen (secondary N) is 1. The van der Waals surface area contributed by atoms with Gasteiger partial charge in [0.1, 0.15) is 11.1 Å².